The van der Waals surface area contributed by atoms with Gasteiger partial charge in [-0.1, -0.05) is 33.6 Å². The highest BCUT2D eigenvalue weighted by molar-refractivity contribution is 5.81. The van der Waals surface area contributed by atoms with Crippen LogP contribution < -0.4 is 16.0 Å². The molecule has 0 aromatic carbocycles. The van der Waals surface area contributed by atoms with Crippen molar-refractivity contribution in [3.8, 4) is 0 Å². The molecule has 3 aliphatic heterocycles. The Morgan fingerprint density at radius 1 is 1.18 bits per heavy atom. The van der Waals surface area contributed by atoms with Crippen molar-refractivity contribution in [3.63, 3.8) is 0 Å². The summed E-state index contributed by atoms with van der Waals surface area (Å²) < 4.78 is 12.4. The standard InChI is InChI=1S/C32H56N4O4/c1-22(2)8-7-9-27(33)25-14-18-36-30-26(13-16-32(25,36)4)31(3)15-12-24(20-23(31)21-39-30)40-29(38)11-10-28(37)34-17-19-35(5)6/h21-22,24-27,30H,7-20,33H2,1-6H3,(H,34,37)/p+1. The number of rotatable bonds is 12. The maximum atomic E-state index is 12.5. The fourth-order valence-electron chi connectivity index (χ4n) is 8.11. The van der Waals surface area contributed by atoms with Crippen molar-refractivity contribution >= 4 is 11.9 Å². The summed E-state index contributed by atoms with van der Waals surface area (Å²) in [6, 6.07) is 0.255. The molecule has 0 spiro atoms. The van der Waals surface area contributed by atoms with Crippen molar-refractivity contribution in [1.82, 2.24) is 10.2 Å². The third kappa shape index (κ3) is 6.87. The molecule has 228 valence electrons. The van der Waals surface area contributed by atoms with Gasteiger partial charge in [-0.3, -0.25) is 14.5 Å². The fraction of sp³-hybridized carbons (Fsp3) is 0.875. The minimum atomic E-state index is -0.279. The first-order valence-electron chi connectivity index (χ1n) is 16.1. The first kappa shape index (κ1) is 31.3. The molecule has 7 unspecified atom stereocenters. The van der Waals surface area contributed by atoms with E-state index < -0.39 is 0 Å². The number of carbonyl (C=O) groups excluding carboxylic acids is 2. The van der Waals surface area contributed by atoms with Gasteiger partial charge in [-0.25, -0.2) is 0 Å². The second-order valence-corrected chi connectivity index (χ2v) is 14.3. The molecule has 3 fully saturated rings. The Morgan fingerprint density at radius 3 is 2.67 bits per heavy atom. The topological polar surface area (TPSA) is 98.3 Å². The Kier molecular flexibility index (Phi) is 10.3. The molecule has 1 saturated carbocycles. The van der Waals surface area contributed by atoms with Gasteiger partial charge in [-0.2, -0.15) is 0 Å². The monoisotopic (exact) mass is 561 g/mol. The predicted molar refractivity (Wildman–Crippen MR) is 157 cm³/mol. The van der Waals surface area contributed by atoms with Gasteiger partial charge in [-0.15, -0.1) is 0 Å². The summed E-state index contributed by atoms with van der Waals surface area (Å²) in [6.45, 7) is 12.0. The molecule has 2 saturated heterocycles. The van der Waals surface area contributed by atoms with Crippen LogP contribution in [0.1, 0.15) is 98.3 Å². The number of nitrogens with two attached hydrogens (primary N) is 1. The average Bonchev–Trinajstić information content (AvgIpc) is 3.24. The van der Waals surface area contributed by atoms with Gasteiger partial charge in [0.1, 0.15) is 6.10 Å². The number of nitrogens with one attached hydrogen (secondary N) is 2. The van der Waals surface area contributed by atoms with E-state index in [9.17, 15) is 9.59 Å². The normalized spacial score (nSPS) is 34.4. The van der Waals surface area contributed by atoms with Crippen LogP contribution in [0.5, 0.6) is 0 Å². The zero-order valence-corrected chi connectivity index (χ0v) is 26.1. The van der Waals surface area contributed by atoms with E-state index in [2.05, 4.69) is 37.9 Å². The third-order valence-corrected chi connectivity index (χ3v) is 10.7. The van der Waals surface area contributed by atoms with Gasteiger partial charge in [0.25, 0.3) is 0 Å². The predicted octanol–water partition coefficient (Wildman–Crippen LogP) is 3.01. The van der Waals surface area contributed by atoms with Crippen molar-refractivity contribution in [2.75, 3.05) is 33.7 Å². The molecule has 0 bridgehead atoms. The number of piperidine rings is 1. The summed E-state index contributed by atoms with van der Waals surface area (Å²) in [7, 11) is 4.09. The number of carbonyl (C=O) groups is 2. The van der Waals surface area contributed by atoms with Crippen LogP contribution >= 0.6 is 0 Å². The van der Waals surface area contributed by atoms with Gasteiger partial charge < -0.3 is 25.4 Å². The number of quaternary nitrogens is 1. The molecular formula is C32H57N4O4+. The van der Waals surface area contributed by atoms with E-state index in [0.717, 1.165) is 57.5 Å². The van der Waals surface area contributed by atoms with E-state index in [4.69, 9.17) is 15.2 Å². The lowest BCUT2D eigenvalue weighted by molar-refractivity contribution is -0.856. The van der Waals surface area contributed by atoms with E-state index >= 15 is 0 Å². The number of likely N-dealkylation sites (N-methyl/N-ethyl adjacent to an activating group) is 1. The van der Waals surface area contributed by atoms with Gasteiger partial charge in [0.2, 0.25) is 5.91 Å². The van der Waals surface area contributed by atoms with Crippen LogP contribution in [-0.2, 0) is 19.1 Å². The summed E-state index contributed by atoms with van der Waals surface area (Å²) in [6.07, 6.45) is 11.9. The number of hydrogen-bond acceptors (Lipinski definition) is 6. The zero-order valence-electron chi connectivity index (χ0n) is 26.1. The molecule has 4 rings (SSSR count). The highest BCUT2D eigenvalue weighted by atomic mass is 16.5. The fourth-order valence-corrected chi connectivity index (χ4v) is 8.11. The van der Waals surface area contributed by atoms with E-state index in [1.807, 2.05) is 20.4 Å². The Hall–Kier alpha value is -1.64. The van der Waals surface area contributed by atoms with Crippen molar-refractivity contribution in [2.24, 2.45) is 28.9 Å². The second kappa shape index (κ2) is 13.1. The van der Waals surface area contributed by atoms with E-state index in [1.54, 1.807) is 0 Å². The molecule has 0 aromatic rings. The highest BCUT2D eigenvalue weighted by Crippen LogP contribution is 2.58. The second-order valence-electron chi connectivity index (χ2n) is 14.3. The molecule has 4 N–H and O–H groups in total. The summed E-state index contributed by atoms with van der Waals surface area (Å²) in [5.41, 5.74) is 8.29. The summed E-state index contributed by atoms with van der Waals surface area (Å²) in [5.74, 6) is 1.33. The minimum Gasteiger partial charge on any atom is -0.482 e. The number of hydrogen-bond donors (Lipinski definition) is 3. The maximum Gasteiger partial charge on any atom is 0.306 e. The van der Waals surface area contributed by atoms with Crippen LogP contribution in [0.25, 0.3) is 0 Å². The summed E-state index contributed by atoms with van der Waals surface area (Å²) >= 11 is 0. The van der Waals surface area contributed by atoms with Gasteiger partial charge >= 0.3 is 5.97 Å². The van der Waals surface area contributed by atoms with E-state index in [0.29, 0.717) is 18.4 Å². The first-order valence-corrected chi connectivity index (χ1v) is 16.1. The van der Waals surface area contributed by atoms with Crippen molar-refractivity contribution in [2.45, 2.75) is 122 Å². The third-order valence-electron chi connectivity index (χ3n) is 10.7. The quantitative estimate of drug-likeness (QED) is 0.317. The van der Waals surface area contributed by atoms with Gasteiger partial charge in [0.05, 0.1) is 39.9 Å². The smallest absolute Gasteiger partial charge is 0.306 e. The van der Waals surface area contributed by atoms with Crippen molar-refractivity contribution in [1.29, 1.82) is 0 Å². The molecule has 1 amide bonds. The van der Waals surface area contributed by atoms with Crippen LogP contribution in [0, 0.1) is 23.2 Å². The number of nitrogens with zero attached hydrogens (tertiary/aromatic N) is 1. The van der Waals surface area contributed by atoms with Crippen molar-refractivity contribution in [3.05, 3.63) is 11.8 Å². The lowest BCUT2D eigenvalue weighted by Gasteiger charge is -2.58. The lowest BCUT2D eigenvalue weighted by Crippen LogP contribution is -3.06. The highest BCUT2D eigenvalue weighted by Gasteiger charge is 2.59. The molecule has 7 atom stereocenters. The number of fused-ring (bicyclic) bond motifs is 5. The van der Waals surface area contributed by atoms with Crippen LogP contribution in [0.2, 0.25) is 0 Å². The number of amides is 1. The maximum absolute atomic E-state index is 12.5. The van der Waals surface area contributed by atoms with Crippen LogP contribution in [0.4, 0.5) is 0 Å². The Morgan fingerprint density at radius 2 is 1.95 bits per heavy atom. The van der Waals surface area contributed by atoms with E-state index in [-0.39, 0.29) is 54.0 Å². The molecule has 1 aliphatic carbocycles. The number of ether oxygens (including phenoxy) is 2. The SMILES string of the molecule is CC(C)CCCC(N)C1CCN2C3OC=C4CC(OC(=O)CCC(=O)NCC[NH+](C)C)CCC4(C)C3CCC12C. The van der Waals surface area contributed by atoms with E-state index in [1.165, 1.54) is 29.7 Å². The van der Waals surface area contributed by atoms with Crippen LogP contribution in [0.3, 0.4) is 0 Å². The Balaban J connectivity index is 1.30. The minimum absolute atomic E-state index is 0.0684. The van der Waals surface area contributed by atoms with Crippen LogP contribution in [-0.4, -0.2) is 74.4 Å². The molecule has 3 heterocycles. The van der Waals surface area contributed by atoms with Gasteiger partial charge in [-0.05, 0) is 68.3 Å². The summed E-state index contributed by atoms with van der Waals surface area (Å²) in [5, 5.41) is 2.88. The molecule has 0 aromatic heterocycles. The largest absolute Gasteiger partial charge is 0.482 e. The lowest BCUT2D eigenvalue weighted by atomic mass is 9.58. The van der Waals surface area contributed by atoms with Crippen molar-refractivity contribution < 1.29 is 24.0 Å². The number of esters is 1. The average molecular weight is 562 g/mol. The summed E-state index contributed by atoms with van der Waals surface area (Å²) in [4.78, 5) is 28.5. The van der Waals surface area contributed by atoms with Gasteiger partial charge in [0, 0.05) is 36.9 Å². The zero-order chi connectivity index (χ0) is 29.1. The molecular weight excluding hydrogens is 504 g/mol. The molecule has 8 nitrogen and oxygen atoms in total. The molecule has 4 aliphatic rings. The van der Waals surface area contributed by atoms with Gasteiger partial charge in [0.15, 0.2) is 6.23 Å². The Bertz CT molecular complexity index is 923. The first-order chi connectivity index (χ1) is 18.9. The molecule has 0 radical (unpaired) electrons. The Labute approximate surface area is 242 Å². The molecule has 40 heavy (non-hydrogen) atoms. The molecule has 8 heteroatoms. The van der Waals surface area contributed by atoms with Crippen LogP contribution in [0.15, 0.2) is 11.8 Å².